The van der Waals surface area contributed by atoms with Gasteiger partial charge >= 0.3 is 0 Å². The molecule has 0 spiro atoms. The van der Waals surface area contributed by atoms with Gasteiger partial charge in [0, 0.05) is 17.8 Å². The van der Waals surface area contributed by atoms with Crippen LogP contribution in [0.4, 0.5) is 5.82 Å². The van der Waals surface area contributed by atoms with Gasteiger partial charge in [-0.05, 0) is 35.4 Å². The van der Waals surface area contributed by atoms with Crippen molar-refractivity contribution >= 4 is 12.0 Å². The second kappa shape index (κ2) is 9.79. The molecule has 0 radical (unpaired) electrons. The van der Waals surface area contributed by atoms with E-state index in [4.69, 9.17) is 14.8 Å². The molecule has 4 heteroatoms. The van der Waals surface area contributed by atoms with Crippen LogP contribution in [-0.4, -0.2) is 16.0 Å². The van der Waals surface area contributed by atoms with Crippen molar-refractivity contribution in [3.63, 3.8) is 0 Å². The topological polar surface area (TPSA) is 39.4 Å². The average molecular weight is 430 g/mol. The molecular formula is C29H23N3O. The summed E-state index contributed by atoms with van der Waals surface area (Å²) in [5.74, 6) is 1.57. The Morgan fingerprint density at radius 2 is 1.42 bits per heavy atom. The molecule has 0 N–H and O–H groups in total. The molecule has 0 amide bonds. The minimum Gasteiger partial charge on any atom is -0.489 e. The van der Waals surface area contributed by atoms with E-state index in [-0.39, 0.29) is 0 Å². The lowest BCUT2D eigenvalue weighted by molar-refractivity contribution is 0.306. The minimum absolute atomic E-state index is 0.530. The van der Waals surface area contributed by atoms with E-state index >= 15 is 0 Å². The largest absolute Gasteiger partial charge is 0.489 e. The molecule has 5 rings (SSSR count). The zero-order valence-corrected chi connectivity index (χ0v) is 18.1. The highest BCUT2D eigenvalue weighted by atomic mass is 16.5. The number of aliphatic imine (C=N–C) groups is 1. The van der Waals surface area contributed by atoms with Gasteiger partial charge in [-0.15, -0.1) is 0 Å². The first-order chi connectivity index (χ1) is 16.3. The van der Waals surface area contributed by atoms with Crippen molar-refractivity contribution in [1.29, 1.82) is 0 Å². The molecule has 0 bridgehead atoms. The fourth-order valence-corrected chi connectivity index (χ4v) is 3.54. The van der Waals surface area contributed by atoms with Gasteiger partial charge in [-0.2, -0.15) is 5.10 Å². The molecule has 33 heavy (non-hydrogen) atoms. The van der Waals surface area contributed by atoms with E-state index in [1.54, 1.807) is 0 Å². The first kappa shape index (κ1) is 20.5. The van der Waals surface area contributed by atoms with E-state index < -0.39 is 0 Å². The Hall–Kier alpha value is -4.44. The second-order valence-corrected chi connectivity index (χ2v) is 7.61. The minimum atomic E-state index is 0.530. The predicted molar refractivity (Wildman–Crippen MR) is 133 cm³/mol. The van der Waals surface area contributed by atoms with Gasteiger partial charge in [0.15, 0.2) is 5.82 Å². The maximum atomic E-state index is 5.96. The Balaban J connectivity index is 1.41. The predicted octanol–water partition coefficient (Wildman–Crippen LogP) is 6.87. The van der Waals surface area contributed by atoms with Gasteiger partial charge in [0.05, 0.1) is 11.4 Å². The Bertz CT molecular complexity index is 1340. The third kappa shape index (κ3) is 5.08. The van der Waals surface area contributed by atoms with Gasteiger partial charge in [0.1, 0.15) is 12.4 Å². The van der Waals surface area contributed by atoms with Crippen LogP contribution >= 0.6 is 0 Å². The third-order valence-electron chi connectivity index (χ3n) is 5.21. The third-order valence-corrected chi connectivity index (χ3v) is 5.21. The zero-order chi connectivity index (χ0) is 22.3. The van der Waals surface area contributed by atoms with Crippen molar-refractivity contribution in [2.45, 2.75) is 6.61 Å². The molecule has 0 aliphatic rings. The average Bonchev–Trinajstić information content (AvgIpc) is 3.33. The Labute approximate surface area is 193 Å². The Kier molecular flexibility index (Phi) is 6.07. The van der Waals surface area contributed by atoms with Crippen molar-refractivity contribution in [2.24, 2.45) is 4.99 Å². The highest BCUT2D eigenvalue weighted by molar-refractivity contribution is 5.82. The van der Waals surface area contributed by atoms with Crippen LogP contribution in [-0.2, 0) is 6.61 Å². The van der Waals surface area contributed by atoms with E-state index in [0.717, 1.165) is 39.6 Å². The lowest BCUT2D eigenvalue weighted by Gasteiger charge is -2.07. The zero-order valence-electron chi connectivity index (χ0n) is 18.1. The molecular weight excluding hydrogens is 406 g/mol. The lowest BCUT2D eigenvalue weighted by atomic mass is 10.2. The van der Waals surface area contributed by atoms with E-state index in [1.807, 2.05) is 108 Å². The first-order valence-corrected chi connectivity index (χ1v) is 10.9. The highest BCUT2D eigenvalue weighted by Gasteiger charge is 2.10. The Morgan fingerprint density at radius 3 is 2.18 bits per heavy atom. The molecule has 5 aromatic rings. The summed E-state index contributed by atoms with van der Waals surface area (Å²) in [6.45, 7) is 0.530. The molecule has 1 aromatic heterocycles. The number of hydrogen-bond acceptors (Lipinski definition) is 3. The summed E-state index contributed by atoms with van der Waals surface area (Å²) in [6.07, 6.45) is 1.85. The number of aromatic nitrogens is 2. The summed E-state index contributed by atoms with van der Waals surface area (Å²) in [7, 11) is 0. The molecule has 0 aliphatic heterocycles. The van der Waals surface area contributed by atoms with E-state index in [2.05, 4.69) is 24.3 Å². The van der Waals surface area contributed by atoms with Crippen LogP contribution in [0.3, 0.4) is 0 Å². The molecule has 0 atom stereocenters. The maximum Gasteiger partial charge on any atom is 0.156 e. The molecule has 0 aliphatic carbocycles. The Morgan fingerprint density at radius 1 is 0.727 bits per heavy atom. The fourth-order valence-electron chi connectivity index (χ4n) is 3.54. The van der Waals surface area contributed by atoms with Crippen LogP contribution in [0, 0.1) is 0 Å². The number of para-hydroxylation sites is 1. The summed E-state index contributed by atoms with van der Waals surface area (Å²) >= 11 is 0. The molecule has 0 saturated heterocycles. The summed E-state index contributed by atoms with van der Waals surface area (Å²) in [5, 5.41) is 4.82. The normalized spacial score (nSPS) is 11.0. The quantitative estimate of drug-likeness (QED) is 0.265. The highest BCUT2D eigenvalue weighted by Crippen LogP contribution is 2.26. The van der Waals surface area contributed by atoms with Crippen LogP contribution in [0.15, 0.2) is 126 Å². The van der Waals surface area contributed by atoms with Gasteiger partial charge < -0.3 is 4.74 Å². The van der Waals surface area contributed by atoms with Gasteiger partial charge in [0.25, 0.3) is 0 Å². The molecule has 160 valence electrons. The van der Waals surface area contributed by atoms with Crippen LogP contribution < -0.4 is 4.74 Å². The number of hydrogen-bond donors (Lipinski definition) is 0. The van der Waals surface area contributed by atoms with E-state index in [1.165, 1.54) is 0 Å². The van der Waals surface area contributed by atoms with E-state index in [9.17, 15) is 0 Å². The monoisotopic (exact) mass is 429 g/mol. The van der Waals surface area contributed by atoms with Crippen LogP contribution in [0.5, 0.6) is 5.75 Å². The SMILES string of the molecule is C(=Nc1cc(-c2ccccc2)nn1-c1ccccc1)c1cccc(OCc2ccccc2)c1. The standard InChI is InChI=1S/C29H23N3O/c1-4-11-23(12-5-1)22-33-27-18-10-13-24(19-27)21-30-29-20-28(25-14-6-2-7-15-25)31-32(29)26-16-8-3-9-17-26/h1-21H,22H2. The molecule has 0 saturated carbocycles. The van der Waals surface area contributed by atoms with Crippen LogP contribution in [0.2, 0.25) is 0 Å². The fraction of sp³-hybridized carbons (Fsp3) is 0.0345. The number of benzene rings is 4. The van der Waals surface area contributed by atoms with Crippen molar-refractivity contribution in [1.82, 2.24) is 9.78 Å². The van der Waals surface area contributed by atoms with Gasteiger partial charge in [0.2, 0.25) is 0 Å². The van der Waals surface area contributed by atoms with Crippen LogP contribution in [0.1, 0.15) is 11.1 Å². The van der Waals surface area contributed by atoms with Crippen molar-refractivity contribution < 1.29 is 4.74 Å². The molecule has 0 unspecified atom stereocenters. The summed E-state index contributed by atoms with van der Waals surface area (Å²) in [6, 6.07) is 40.3. The second-order valence-electron chi connectivity index (χ2n) is 7.61. The first-order valence-electron chi connectivity index (χ1n) is 10.9. The number of rotatable bonds is 7. The number of ether oxygens (including phenoxy) is 1. The summed E-state index contributed by atoms with van der Waals surface area (Å²) in [5.41, 5.74) is 5.00. The van der Waals surface area contributed by atoms with E-state index in [0.29, 0.717) is 6.61 Å². The maximum absolute atomic E-state index is 5.96. The molecule has 1 heterocycles. The molecule has 0 fully saturated rings. The van der Waals surface area contributed by atoms with Crippen LogP contribution in [0.25, 0.3) is 16.9 Å². The van der Waals surface area contributed by atoms with Gasteiger partial charge in [-0.25, -0.2) is 9.67 Å². The summed E-state index contributed by atoms with van der Waals surface area (Å²) < 4.78 is 7.83. The summed E-state index contributed by atoms with van der Waals surface area (Å²) in [4.78, 5) is 4.78. The smallest absolute Gasteiger partial charge is 0.156 e. The van der Waals surface area contributed by atoms with Crippen molar-refractivity contribution in [2.75, 3.05) is 0 Å². The molecule has 4 aromatic carbocycles. The number of nitrogens with zero attached hydrogens (tertiary/aromatic N) is 3. The lowest BCUT2D eigenvalue weighted by Crippen LogP contribution is -1.96. The molecule has 4 nitrogen and oxygen atoms in total. The van der Waals surface area contributed by atoms with Gasteiger partial charge in [-0.1, -0.05) is 91.0 Å². The van der Waals surface area contributed by atoms with Crippen molar-refractivity contribution in [3.05, 3.63) is 132 Å². The van der Waals surface area contributed by atoms with Gasteiger partial charge in [-0.3, -0.25) is 0 Å². The van der Waals surface area contributed by atoms with Crippen molar-refractivity contribution in [3.8, 4) is 22.7 Å².